The monoisotopic (exact) mass is 347 g/mol. The largest absolute Gasteiger partial charge is 0.325 e. The van der Waals surface area contributed by atoms with E-state index in [-0.39, 0.29) is 29.9 Å². The second-order valence-electron chi connectivity index (χ2n) is 4.39. The van der Waals surface area contributed by atoms with E-state index in [2.05, 4.69) is 31.5 Å². The smallest absolute Gasteiger partial charge is 0.226 e. The minimum Gasteiger partial charge on any atom is -0.325 e. The molecule has 1 aromatic heterocycles. The first-order valence-electron chi connectivity index (χ1n) is 5.80. The van der Waals surface area contributed by atoms with Crippen molar-refractivity contribution in [3.05, 3.63) is 22.9 Å². The molecule has 1 amide bonds. The molecular formula is C11H14BrN3O3S. The zero-order valence-corrected chi connectivity index (χ0v) is 12.5. The van der Waals surface area contributed by atoms with E-state index in [1.165, 1.54) is 6.20 Å². The Morgan fingerprint density at radius 3 is 2.95 bits per heavy atom. The van der Waals surface area contributed by atoms with E-state index in [1.54, 1.807) is 12.1 Å². The third-order valence-electron chi connectivity index (χ3n) is 2.74. The van der Waals surface area contributed by atoms with Gasteiger partial charge < -0.3 is 10.6 Å². The van der Waals surface area contributed by atoms with Crippen LogP contribution < -0.4 is 10.6 Å². The molecule has 1 aromatic rings. The number of nitrogens with zero attached hydrogens (tertiary/aromatic N) is 1. The number of carbonyl (C=O) groups excluding carboxylic acids is 1. The van der Waals surface area contributed by atoms with Gasteiger partial charge in [0.1, 0.15) is 4.60 Å². The highest BCUT2D eigenvalue weighted by molar-refractivity contribution is 9.10. The molecule has 2 rings (SSSR count). The average molecular weight is 348 g/mol. The molecule has 1 fully saturated rings. The molecule has 0 aromatic carbocycles. The van der Waals surface area contributed by atoms with Crippen LogP contribution in [-0.4, -0.2) is 43.4 Å². The highest BCUT2D eigenvalue weighted by Gasteiger charge is 2.25. The first kappa shape index (κ1) is 14.4. The van der Waals surface area contributed by atoms with Crippen molar-refractivity contribution in [1.29, 1.82) is 0 Å². The van der Waals surface area contributed by atoms with Crippen LogP contribution in [0, 0.1) is 0 Å². The van der Waals surface area contributed by atoms with Gasteiger partial charge in [0.2, 0.25) is 5.91 Å². The van der Waals surface area contributed by atoms with Gasteiger partial charge in [-0.15, -0.1) is 0 Å². The molecule has 0 bridgehead atoms. The van der Waals surface area contributed by atoms with Crippen LogP contribution in [0.1, 0.15) is 6.42 Å². The second kappa shape index (κ2) is 5.98. The molecule has 0 saturated carbocycles. The number of nitrogens with one attached hydrogen (secondary N) is 2. The van der Waals surface area contributed by atoms with Crippen molar-refractivity contribution >= 4 is 37.4 Å². The number of carbonyl (C=O) groups is 1. The lowest BCUT2D eigenvalue weighted by Gasteiger charge is -2.23. The summed E-state index contributed by atoms with van der Waals surface area (Å²) < 4.78 is 23.6. The van der Waals surface area contributed by atoms with Crippen molar-refractivity contribution in [2.45, 2.75) is 12.5 Å². The van der Waals surface area contributed by atoms with E-state index in [4.69, 9.17) is 0 Å². The Balaban J connectivity index is 1.89. The van der Waals surface area contributed by atoms with Gasteiger partial charge in [-0.25, -0.2) is 13.4 Å². The van der Waals surface area contributed by atoms with E-state index in [9.17, 15) is 13.2 Å². The second-order valence-corrected chi connectivity index (χ2v) is 7.43. The minimum atomic E-state index is -3.02. The standard InChI is InChI=1S/C11H14BrN3O3S/c12-10-2-1-8(6-14-10)15-11(16)5-9-7-19(17,18)4-3-13-9/h1-2,6,9,13H,3-5,7H2,(H,15,16). The molecule has 1 unspecified atom stereocenters. The Kier molecular flexibility index (Phi) is 4.54. The summed E-state index contributed by atoms with van der Waals surface area (Å²) in [5.74, 6) is -0.0699. The number of rotatable bonds is 3. The Labute approximate surface area is 120 Å². The maximum atomic E-state index is 11.8. The van der Waals surface area contributed by atoms with Gasteiger partial charge in [-0.3, -0.25) is 4.79 Å². The van der Waals surface area contributed by atoms with Crippen LogP contribution in [0.5, 0.6) is 0 Å². The normalized spacial score (nSPS) is 21.8. The molecule has 19 heavy (non-hydrogen) atoms. The fourth-order valence-electron chi connectivity index (χ4n) is 1.88. The predicted octanol–water partition coefficient (Wildman–Crippen LogP) is 0.559. The lowest BCUT2D eigenvalue weighted by molar-refractivity contribution is -0.116. The third kappa shape index (κ3) is 4.55. The fourth-order valence-corrected chi connectivity index (χ4v) is 3.56. The highest BCUT2D eigenvalue weighted by atomic mass is 79.9. The summed E-state index contributed by atoms with van der Waals surface area (Å²) in [6.45, 7) is 0.403. The van der Waals surface area contributed by atoms with Gasteiger partial charge in [-0.2, -0.15) is 0 Å². The summed E-state index contributed by atoms with van der Waals surface area (Å²) in [5, 5.41) is 5.72. The van der Waals surface area contributed by atoms with Crippen LogP contribution in [0.2, 0.25) is 0 Å². The number of pyridine rings is 1. The molecule has 2 N–H and O–H groups in total. The maximum Gasteiger partial charge on any atom is 0.226 e. The van der Waals surface area contributed by atoms with Crippen molar-refractivity contribution in [3.8, 4) is 0 Å². The fraction of sp³-hybridized carbons (Fsp3) is 0.455. The molecule has 6 nitrogen and oxygen atoms in total. The van der Waals surface area contributed by atoms with Crippen molar-refractivity contribution in [3.63, 3.8) is 0 Å². The lowest BCUT2D eigenvalue weighted by Crippen LogP contribution is -2.46. The van der Waals surface area contributed by atoms with Gasteiger partial charge in [0.25, 0.3) is 0 Å². The van der Waals surface area contributed by atoms with Crippen molar-refractivity contribution in [2.75, 3.05) is 23.4 Å². The summed E-state index contributed by atoms with van der Waals surface area (Å²) in [6.07, 6.45) is 1.67. The van der Waals surface area contributed by atoms with E-state index in [1.807, 2.05) is 0 Å². The summed E-state index contributed by atoms with van der Waals surface area (Å²) in [6, 6.07) is 3.13. The minimum absolute atomic E-state index is 0.0129. The van der Waals surface area contributed by atoms with Gasteiger partial charge in [0.05, 0.1) is 23.4 Å². The van der Waals surface area contributed by atoms with Crippen LogP contribution >= 0.6 is 15.9 Å². The first-order valence-corrected chi connectivity index (χ1v) is 8.41. The number of aromatic nitrogens is 1. The summed E-state index contributed by atoms with van der Waals surface area (Å²) >= 11 is 3.20. The number of hydrogen-bond donors (Lipinski definition) is 2. The van der Waals surface area contributed by atoms with Crippen LogP contribution in [0.15, 0.2) is 22.9 Å². The van der Waals surface area contributed by atoms with Crippen molar-refractivity contribution in [1.82, 2.24) is 10.3 Å². The average Bonchev–Trinajstić information content (AvgIpc) is 2.30. The summed E-state index contributed by atoms with van der Waals surface area (Å²) in [7, 11) is -3.02. The van der Waals surface area contributed by atoms with Crippen LogP contribution in [0.25, 0.3) is 0 Å². The quantitative estimate of drug-likeness (QED) is 0.780. The van der Waals surface area contributed by atoms with Crippen LogP contribution in [-0.2, 0) is 14.6 Å². The highest BCUT2D eigenvalue weighted by Crippen LogP contribution is 2.12. The zero-order valence-electron chi connectivity index (χ0n) is 10.1. The van der Waals surface area contributed by atoms with Gasteiger partial charge in [0.15, 0.2) is 9.84 Å². The molecule has 2 heterocycles. The van der Waals surface area contributed by atoms with E-state index >= 15 is 0 Å². The predicted molar refractivity (Wildman–Crippen MR) is 75.6 cm³/mol. The Bertz CT molecular complexity index is 559. The number of halogens is 1. The molecule has 1 aliphatic rings. The molecule has 1 atom stereocenters. The first-order chi connectivity index (χ1) is 8.94. The molecule has 1 saturated heterocycles. The number of anilines is 1. The SMILES string of the molecule is O=C(CC1CS(=O)(=O)CCN1)Nc1ccc(Br)nc1. The van der Waals surface area contributed by atoms with Gasteiger partial charge in [-0.1, -0.05) is 0 Å². The van der Waals surface area contributed by atoms with E-state index in [0.717, 1.165) is 0 Å². The maximum absolute atomic E-state index is 11.8. The third-order valence-corrected chi connectivity index (χ3v) is 4.95. The van der Waals surface area contributed by atoms with Gasteiger partial charge in [0, 0.05) is 19.0 Å². The van der Waals surface area contributed by atoms with Gasteiger partial charge >= 0.3 is 0 Å². The number of hydrogen-bond acceptors (Lipinski definition) is 5. The van der Waals surface area contributed by atoms with Crippen LogP contribution in [0.3, 0.4) is 0 Å². The number of amides is 1. The Hall–Kier alpha value is -0.990. The molecule has 0 radical (unpaired) electrons. The molecule has 0 spiro atoms. The zero-order chi connectivity index (χ0) is 13.9. The lowest BCUT2D eigenvalue weighted by atomic mass is 10.2. The summed E-state index contributed by atoms with van der Waals surface area (Å²) in [4.78, 5) is 15.8. The number of sulfone groups is 1. The van der Waals surface area contributed by atoms with E-state index in [0.29, 0.717) is 16.8 Å². The molecule has 104 valence electrons. The molecule has 0 aliphatic carbocycles. The molecular weight excluding hydrogens is 334 g/mol. The van der Waals surface area contributed by atoms with Crippen LogP contribution in [0.4, 0.5) is 5.69 Å². The Morgan fingerprint density at radius 1 is 1.53 bits per heavy atom. The topological polar surface area (TPSA) is 88.2 Å². The van der Waals surface area contributed by atoms with E-state index < -0.39 is 9.84 Å². The Morgan fingerprint density at radius 2 is 2.32 bits per heavy atom. The van der Waals surface area contributed by atoms with Crippen molar-refractivity contribution in [2.24, 2.45) is 0 Å². The summed E-state index contributed by atoms with van der Waals surface area (Å²) in [5.41, 5.74) is 0.590. The van der Waals surface area contributed by atoms with Crippen molar-refractivity contribution < 1.29 is 13.2 Å². The molecule has 1 aliphatic heterocycles. The molecule has 8 heteroatoms. The van der Waals surface area contributed by atoms with Gasteiger partial charge in [-0.05, 0) is 28.1 Å².